The molecule has 0 rings (SSSR count). The summed E-state index contributed by atoms with van der Waals surface area (Å²) in [5.41, 5.74) is 0. The van der Waals surface area contributed by atoms with Gasteiger partial charge in [-0.05, 0) is 0 Å². The Bertz CT molecular complexity index is 128. The van der Waals surface area contributed by atoms with Crippen LogP contribution in [-0.2, 0) is 9.53 Å². The summed E-state index contributed by atoms with van der Waals surface area (Å²) in [7, 11) is 0.686. The van der Waals surface area contributed by atoms with Gasteiger partial charge in [0.1, 0.15) is 0 Å². The van der Waals surface area contributed by atoms with Gasteiger partial charge < -0.3 is 4.74 Å². The number of ether oxygens (including phenoxy) is 1. The maximum absolute atomic E-state index is 10.2. The number of esters is 1. The molecule has 0 amide bonds. The molecule has 3 heteroatoms. The highest BCUT2D eigenvalue weighted by Crippen LogP contribution is 1.85. The van der Waals surface area contributed by atoms with E-state index >= 15 is 0 Å². The van der Waals surface area contributed by atoms with E-state index in [0.717, 1.165) is 6.08 Å². The van der Waals surface area contributed by atoms with E-state index < -0.39 is 5.97 Å². The van der Waals surface area contributed by atoms with Crippen LogP contribution in [0, 0.1) is 0 Å². The maximum Gasteiger partial charge on any atom is 0.334 e. The van der Waals surface area contributed by atoms with Gasteiger partial charge in [0, 0.05) is 6.08 Å². The Labute approximate surface area is 51.3 Å². The van der Waals surface area contributed by atoms with Crippen LogP contribution in [0.5, 0.6) is 0 Å². The summed E-state index contributed by atoms with van der Waals surface area (Å²) in [6.45, 7) is 6.63. The predicted octanol–water partition coefficient (Wildman–Crippen LogP) is -0.448. The Morgan fingerprint density at radius 3 is 2.38 bits per heavy atom. The quantitative estimate of drug-likeness (QED) is 0.218. The Balaban J connectivity index is 3.55. The van der Waals surface area contributed by atoms with Gasteiger partial charge in [0.15, 0.2) is 0 Å². The van der Waals surface area contributed by atoms with Crippen molar-refractivity contribution in [2.24, 2.45) is 0 Å². The minimum atomic E-state index is -0.426. The predicted molar refractivity (Wildman–Crippen MR) is 35.4 cm³/mol. The molecule has 0 aliphatic heterocycles. The van der Waals surface area contributed by atoms with Crippen molar-refractivity contribution in [1.29, 1.82) is 0 Å². The van der Waals surface area contributed by atoms with Gasteiger partial charge in [-0.1, -0.05) is 13.2 Å². The molecular weight excluding hydrogens is 120 g/mol. The molecule has 0 spiro atoms. The molecule has 44 valence electrons. The average molecular weight is 128 g/mol. The van der Waals surface area contributed by atoms with Crippen LogP contribution in [0.2, 0.25) is 0 Å². The molecule has 0 fully saturated rings. The summed E-state index contributed by atoms with van der Waals surface area (Å²) in [5.74, 6) is -0.426. The summed E-state index contributed by atoms with van der Waals surface area (Å²) < 4.78 is 4.51. The molecule has 0 radical (unpaired) electrons. The molecule has 0 atom stereocenters. The van der Waals surface area contributed by atoms with Crippen LogP contribution in [0.25, 0.3) is 0 Å². The summed E-state index contributed by atoms with van der Waals surface area (Å²) >= 11 is 0. The lowest BCUT2D eigenvalue weighted by atomic mass is 10.7. The lowest BCUT2D eigenvalue weighted by Crippen LogP contribution is -1.97. The van der Waals surface area contributed by atoms with Crippen LogP contribution in [0.1, 0.15) is 0 Å². The molecule has 0 N–H and O–H groups in total. The fourth-order valence-electron chi connectivity index (χ4n) is 0.213. The van der Waals surface area contributed by atoms with E-state index in [1.165, 1.54) is 0 Å². The first-order chi connectivity index (χ1) is 3.66. The number of carbonyl (C=O) groups excluding carboxylic acids is 1. The van der Waals surface area contributed by atoms with Crippen LogP contribution in [0.15, 0.2) is 24.6 Å². The van der Waals surface area contributed by atoms with E-state index in [4.69, 9.17) is 0 Å². The van der Waals surface area contributed by atoms with Gasteiger partial charge in [0.25, 0.3) is 0 Å². The molecule has 2 nitrogen and oxygen atoms in total. The Hall–Kier alpha value is -0.833. The van der Waals surface area contributed by atoms with E-state index in [-0.39, 0.29) is 0 Å². The normalized spacial score (nSPS) is 8.00. The van der Waals surface area contributed by atoms with E-state index in [0.29, 0.717) is 15.6 Å². The van der Waals surface area contributed by atoms with Crippen molar-refractivity contribution in [2.75, 3.05) is 0 Å². The Morgan fingerprint density at radius 1 is 1.75 bits per heavy atom. The monoisotopic (exact) mass is 128 g/mol. The van der Waals surface area contributed by atoms with Gasteiger partial charge >= 0.3 is 5.97 Å². The van der Waals surface area contributed by atoms with Crippen LogP contribution >= 0.6 is 0 Å². The zero-order valence-electron chi connectivity index (χ0n) is 4.81. The van der Waals surface area contributed by atoms with Crippen LogP contribution in [0.3, 0.4) is 0 Å². The van der Waals surface area contributed by atoms with Gasteiger partial charge in [-0.3, -0.25) is 0 Å². The molecule has 0 saturated heterocycles. The lowest BCUT2D eigenvalue weighted by molar-refractivity contribution is -0.132. The van der Waals surface area contributed by atoms with Crippen molar-refractivity contribution in [3.05, 3.63) is 24.6 Å². The zero-order chi connectivity index (χ0) is 6.57. The van der Waals surface area contributed by atoms with Crippen molar-refractivity contribution >= 4 is 16.2 Å². The Morgan fingerprint density at radius 2 is 2.25 bits per heavy atom. The van der Waals surface area contributed by atoms with Crippen molar-refractivity contribution < 1.29 is 9.53 Å². The molecular formula is C5H8O2Si. The highest BCUT2D eigenvalue weighted by Gasteiger charge is 1.91. The molecule has 8 heavy (non-hydrogen) atoms. The Kier molecular flexibility index (Phi) is 2.87. The van der Waals surface area contributed by atoms with Gasteiger partial charge in [-0.2, -0.15) is 0 Å². The topological polar surface area (TPSA) is 26.3 Å². The van der Waals surface area contributed by atoms with Crippen molar-refractivity contribution in [2.45, 2.75) is 0 Å². The molecule has 0 aromatic carbocycles. The summed E-state index contributed by atoms with van der Waals surface area (Å²) in [5, 5.41) is 0.523. The smallest absolute Gasteiger partial charge is 0.334 e. The standard InChI is InChI=1S/C5H8O2Si/c1-3-5(6)7-4(2)8/h3H,1-2H2,8H3. The molecule has 0 aliphatic carbocycles. The summed E-state index contributed by atoms with van der Waals surface area (Å²) in [6, 6.07) is 0. The molecule has 0 aliphatic rings. The minimum Gasteiger partial charge on any atom is -0.435 e. The second kappa shape index (κ2) is 3.21. The first kappa shape index (κ1) is 7.17. The van der Waals surface area contributed by atoms with E-state index in [9.17, 15) is 4.79 Å². The maximum atomic E-state index is 10.2. The van der Waals surface area contributed by atoms with Crippen LogP contribution < -0.4 is 0 Å². The van der Waals surface area contributed by atoms with Gasteiger partial charge in [-0.15, -0.1) is 0 Å². The largest absolute Gasteiger partial charge is 0.435 e. The first-order valence-corrected chi connectivity index (χ1v) is 3.16. The van der Waals surface area contributed by atoms with Crippen LogP contribution in [-0.4, -0.2) is 16.2 Å². The first-order valence-electron chi connectivity index (χ1n) is 2.16. The molecule has 0 bridgehead atoms. The zero-order valence-corrected chi connectivity index (χ0v) is 6.81. The second-order valence-corrected chi connectivity index (χ2v) is 2.44. The fourth-order valence-corrected chi connectivity index (χ4v) is 0.415. The highest BCUT2D eigenvalue weighted by molar-refractivity contribution is 6.20. The van der Waals surface area contributed by atoms with Gasteiger partial charge in [-0.25, -0.2) is 4.79 Å². The number of hydrogen-bond acceptors (Lipinski definition) is 2. The van der Waals surface area contributed by atoms with Gasteiger partial charge in [0.05, 0.1) is 15.6 Å². The van der Waals surface area contributed by atoms with E-state index in [1.54, 1.807) is 0 Å². The molecule has 0 saturated carbocycles. The molecule has 0 aromatic heterocycles. The second-order valence-electron chi connectivity index (χ2n) is 1.33. The summed E-state index contributed by atoms with van der Waals surface area (Å²) in [6.07, 6.45) is 1.11. The van der Waals surface area contributed by atoms with Crippen molar-refractivity contribution in [3.63, 3.8) is 0 Å². The summed E-state index contributed by atoms with van der Waals surface area (Å²) in [4.78, 5) is 10.2. The highest BCUT2D eigenvalue weighted by atomic mass is 28.1. The van der Waals surface area contributed by atoms with Crippen molar-refractivity contribution in [3.8, 4) is 0 Å². The minimum absolute atomic E-state index is 0.426. The third-order valence-corrected chi connectivity index (χ3v) is 0.646. The van der Waals surface area contributed by atoms with E-state index in [1.807, 2.05) is 0 Å². The third kappa shape index (κ3) is 3.36. The number of hydrogen-bond donors (Lipinski definition) is 0. The third-order valence-electron chi connectivity index (χ3n) is 0.441. The lowest BCUT2D eigenvalue weighted by Gasteiger charge is -1.95. The average Bonchev–Trinajstić information content (AvgIpc) is 1.65. The molecule has 0 aromatic rings. The van der Waals surface area contributed by atoms with Crippen LogP contribution in [0.4, 0.5) is 0 Å². The number of rotatable bonds is 2. The van der Waals surface area contributed by atoms with Gasteiger partial charge in [0.2, 0.25) is 0 Å². The van der Waals surface area contributed by atoms with Crippen molar-refractivity contribution in [1.82, 2.24) is 0 Å². The fraction of sp³-hybridized carbons (Fsp3) is 0. The molecule has 0 unspecified atom stereocenters. The SMILES string of the molecule is C=CC(=O)OC(=C)[SiH3]. The molecule has 0 heterocycles. The number of carbonyl (C=O) groups is 1. The van der Waals surface area contributed by atoms with E-state index in [2.05, 4.69) is 17.9 Å².